The first-order valence-corrected chi connectivity index (χ1v) is 6.73. The molecule has 17 heavy (non-hydrogen) atoms. The van der Waals surface area contributed by atoms with Crippen LogP contribution in [0.25, 0.3) is 0 Å². The van der Waals surface area contributed by atoms with E-state index in [1.54, 1.807) is 0 Å². The van der Waals surface area contributed by atoms with Crippen molar-refractivity contribution >= 4 is 5.69 Å². The Morgan fingerprint density at radius 1 is 1.24 bits per heavy atom. The van der Waals surface area contributed by atoms with Gasteiger partial charge in [0.15, 0.2) is 0 Å². The van der Waals surface area contributed by atoms with E-state index in [2.05, 4.69) is 37.4 Å². The summed E-state index contributed by atoms with van der Waals surface area (Å²) >= 11 is 0. The van der Waals surface area contributed by atoms with Crippen LogP contribution in [0.1, 0.15) is 43.7 Å². The Hall–Kier alpha value is -1.02. The number of hydrogen-bond acceptors (Lipinski definition) is 2. The van der Waals surface area contributed by atoms with Gasteiger partial charge in [-0.1, -0.05) is 25.1 Å². The van der Waals surface area contributed by atoms with Crippen molar-refractivity contribution in [1.82, 2.24) is 0 Å². The lowest BCUT2D eigenvalue weighted by Crippen LogP contribution is -2.28. The molecule has 0 aromatic heterocycles. The highest BCUT2D eigenvalue weighted by Gasteiger charge is 2.20. The van der Waals surface area contributed by atoms with E-state index in [-0.39, 0.29) is 6.10 Å². The standard InChI is InChI=1S/C15H23NO/c1-3-12-6-4-5-11(2)15(12)16-13-7-9-14(17)10-8-13/h4-6,13-14,16-17H,3,7-10H2,1-2H3. The molecule has 0 heterocycles. The van der Waals surface area contributed by atoms with Crippen molar-refractivity contribution in [3.63, 3.8) is 0 Å². The van der Waals surface area contributed by atoms with Gasteiger partial charge in [-0.05, 0) is 50.2 Å². The molecule has 1 fully saturated rings. The zero-order valence-corrected chi connectivity index (χ0v) is 10.9. The smallest absolute Gasteiger partial charge is 0.0541 e. The van der Waals surface area contributed by atoms with Gasteiger partial charge in [0.2, 0.25) is 0 Å². The first-order chi connectivity index (χ1) is 8.20. The lowest BCUT2D eigenvalue weighted by atomic mass is 9.92. The second-order valence-electron chi connectivity index (χ2n) is 5.11. The molecule has 1 aliphatic rings. The van der Waals surface area contributed by atoms with Crippen LogP contribution < -0.4 is 5.32 Å². The number of anilines is 1. The van der Waals surface area contributed by atoms with Crippen LogP contribution in [0.4, 0.5) is 5.69 Å². The minimum atomic E-state index is -0.0736. The summed E-state index contributed by atoms with van der Waals surface area (Å²) in [6.07, 6.45) is 5.03. The van der Waals surface area contributed by atoms with E-state index >= 15 is 0 Å². The lowest BCUT2D eigenvalue weighted by Gasteiger charge is -2.28. The van der Waals surface area contributed by atoms with Crippen molar-refractivity contribution in [3.8, 4) is 0 Å². The van der Waals surface area contributed by atoms with E-state index in [9.17, 15) is 5.11 Å². The summed E-state index contributed by atoms with van der Waals surface area (Å²) in [4.78, 5) is 0. The van der Waals surface area contributed by atoms with Crippen LogP contribution in [0.2, 0.25) is 0 Å². The number of rotatable bonds is 3. The third-order valence-corrected chi connectivity index (χ3v) is 3.79. The number of benzene rings is 1. The highest BCUT2D eigenvalue weighted by molar-refractivity contribution is 5.57. The lowest BCUT2D eigenvalue weighted by molar-refractivity contribution is 0.126. The van der Waals surface area contributed by atoms with Crippen molar-refractivity contribution in [2.75, 3.05) is 5.32 Å². The SMILES string of the molecule is CCc1cccc(C)c1NC1CCC(O)CC1. The molecular formula is C15H23NO. The van der Waals surface area contributed by atoms with Crippen molar-refractivity contribution in [3.05, 3.63) is 29.3 Å². The molecule has 0 spiro atoms. The number of aliphatic hydroxyl groups is 1. The zero-order chi connectivity index (χ0) is 12.3. The van der Waals surface area contributed by atoms with Gasteiger partial charge in [-0.3, -0.25) is 0 Å². The molecule has 0 atom stereocenters. The number of nitrogens with one attached hydrogen (secondary N) is 1. The quantitative estimate of drug-likeness (QED) is 0.839. The Morgan fingerprint density at radius 3 is 2.59 bits per heavy atom. The van der Waals surface area contributed by atoms with Gasteiger partial charge in [0.25, 0.3) is 0 Å². The third-order valence-electron chi connectivity index (χ3n) is 3.79. The zero-order valence-electron chi connectivity index (χ0n) is 10.9. The predicted octanol–water partition coefficient (Wildman–Crippen LogP) is 3.27. The number of aryl methyl sites for hydroxylation is 2. The van der Waals surface area contributed by atoms with Crippen LogP contribution in [0.15, 0.2) is 18.2 Å². The maximum Gasteiger partial charge on any atom is 0.0541 e. The summed E-state index contributed by atoms with van der Waals surface area (Å²) < 4.78 is 0. The van der Waals surface area contributed by atoms with Gasteiger partial charge in [-0.25, -0.2) is 0 Å². The maximum absolute atomic E-state index is 9.52. The first-order valence-electron chi connectivity index (χ1n) is 6.73. The van der Waals surface area contributed by atoms with Gasteiger partial charge < -0.3 is 10.4 Å². The monoisotopic (exact) mass is 233 g/mol. The van der Waals surface area contributed by atoms with E-state index in [1.165, 1.54) is 16.8 Å². The van der Waals surface area contributed by atoms with E-state index in [0.717, 1.165) is 32.1 Å². The molecule has 2 nitrogen and oxygen atoms in total. The van der Waals surface area contributed by atoms with Crippen LogP contribution in [0, 0.1) is 6.92 Å². The molecule has 0 saturated heterocycles. The molecule has 0 amide bonds. The van der Waals surface area contributed by atoms with Crippen LogP contribution >= 0.6 is 0 Å². The minimum Gasteiger partial charge on any atom is -0.393 e. The topological polar surface area (TPSA) is 32.3 Å². The molecule has 1 aliphatic carbocycles. The molecule has 0 unspecified atom stereocenters. The van der Waals surface area contributed by atoms with Crippen LogP contribution in [0.5, 0.6) is 0 Å². The molecule has 0 radical (unpaired) electrons. The van der Waals surface area contributed by atoms with Gasteiger partial charge in [0.1, 0.15) is 0 Å². The first kappa shape index (κ1) is 12.4. The molecular weight excluding hydrogens is 210 g/mol. The van der Waals surface area contributed by atoms with Gasteiger partial charge in [-0.15, -0.1) is 0 Å². The molecule has 1 saturated carbocycles. The molecule has 0 bridgehead atoms. The second-order valence-corrected chi connectivity index (χ2v) is 5.11. The van der Waals surface area contributed by atoms with E-state index in [4.69, 9.17) is 0 Å². The Kier molecular flexibility index (Phi) is 4.06. The van der Waals surface area contributed by atoms with Crippen LogP contribution in [-0.2, 0) is 6.42 Å². The van der Waals surface area contributed by atoms with Gasteiger partial charge >= 0.3 is 0 Å². The Morgan fingerprint density at radius 2 is 1.94 bits per heavy atom. The molecule has 2 heteroatoms. The van der Waals surface area contributed by atoms with Gasteiger partial charge in [0, 0.05) is 11.7 Å². The van der Waals surface area contributed by atoms with Gasteiger partial charge in [0.05, 0.1) is 6.10 Å². The molecule has 1 aromatic rings. The number of aliphatic hydroxyl groups excluding tert-OH is 1. The molecule has 0 aliphatic heterocycles. The maximum atomic E-state index is 9.52. The molecule has 2 rings (SSSR count). The largest absolute Gasteiger partial charge is 0.393 e. The Labute approximate surface area is 104 Å². The second kappa shape index (κ2) is 5.54. The van der Waals surface area contributed by atoms with Crippen molar-refractivity contribution in [1.29, 1.82) is 0 Å². The van der Waals surface area contributed by atoms with E-state index in [1.807, 2.05) is 0 Å². The van der Waals surface area contributed by atoms with Crippen LogP contribution in [-0.4, -0.2) is 17.3 Å². The third kappa shape index (κ3) is 3.01. The fraction of sp³-hybridized carbons (Fsp3) is 0.600. The summed E-state index contributed by atoms with van der Waals surface area (Å²) in [5, 5.41) is 13.2. The Balaban J connectivity index is 2.07. The summed E-state index contributed by atoms with van der Waals surface area (Å²) in [5.41, 5.74) is 4.04. The fourth-order valence-corrected chi connectivity index (χ4v) is 2.65. The highest BCUT2D eigenvalue weighted by atomic mass is 16.3. The van der Waals surface area contributed by atoms with Crippen molar-refractivity contribution in [2.24, 2.45) is 0 Å². The summed E-state index contributed by atoms with van der Waals surface area (Å²) in [5.74, 6) is 0. The summed E-state index contributed by atoms with van der Waals surface area (Å²) in [6.45, 7) is 4.36. The molecule has 2 N–H and O–H groups in total. The average Bonchev–Trinajstić information content (AvgIpc) is 2.34. The minimum absolute atomic E-state index is 0.0736. The Bertz CT molecular complexity index is 367. The average molecular weight is 233 g/mol. The fourth-order valence-electron chi connectivity index (χ4n) is 2.65. The van der Waals surface area contributed by atoms with Crippen molar-refractivity contribution in [2.45, 2.75) is 58.1 Å². The number of hydrogen-bond donors (Lipinski definition) is 2. The normalized spacial score (nSPS) is 24.6. The van der Waals surface area contributed by atoms with E-state index < -0.39 is 0 Å². The van der Waals surface area contributed by atoms with Crippen LogP contribution in [0.3, 0.4) is 0 Å². The number of para-hydroxylation sites is 1. The van der Waals surface area contributed by atoms with Crippen molar-refractivity contribution < 1.29 is 5.11 Å². The molecule has 94 valence electrons. The van der Waals surface area contributed by atoms with Gasteiger partial charge in [-0.2, -0.15) is 0 Å². The summed E-state index contributed by atoms with van der Waals surface area (Å²) in [7, 11) is 0. The van der Waals surface area contributed by atoms with E-state index in [0.29, 0.717) is 6.04 Å². The highest BCUT2D eigenvalue weighted by Crippen LogP contribution is 2.26. The summed E-state index contributed by atoms with van der Waals surface area (Å²) in [6, 6.07) is 7.03. The molecule has 1 aromatic carbocycles. The predicted molar refractivity (Wildman–Crippen MR) is 72.4 cm³/mol.